The topological polar surface area (TPSA) is 62.4 Å². The van der Waals surface area contributed by atoms with Crippen molar-refractivity contribution < 1.29 is 13.2 Å². The number of nitrogens with zero attached hydrogens (tertiary/aromatic N) is 1. The van der Waals surface area contributed by atoms with Crippen molar-refractivity contribution in [3.8, 4) is 0 Å². The van der Waals surface area contributed by atoms with Crippen LogP contribution in [0.2, 0.25) is 0 Å². The minimum absolute atomic E-state index is 0.223. The van der Waals surface area contributed by atoms with Crippen LogP contribution in [0.15, 0.2) is 59.6 Å². The first-order chi connectivity index (χ1) is 9.99. The molecule has 0 aromatic heterocycles. The van der Waals surface area contributed by atoms with Crippen molar-refractivity contribution in [2.45, 2.75) is 6.18 Å². The van der Waals surface area contributed by atoms with Gasteiger partial charge < -0.3 is 5.32 Å². The Balaban J connectivity index is 2.16. The molecule has 2 aromatic carbocycles. The summed E-state index contributed by atoms with van der Waals surface area (Å²) in [6.07, 6.45) is -4.36. The molecule has 2 rings (SSSR count). The molecule has 0 aliphatic carbocycles. The highest BCUT2D eigenvalue weighted by atomic mass is 19.4. The summed E-state index contributed by atoms with van der Waals surface area (Å²) in [5.41, 5.74) is 2.74. The lowest BCUT2D eigenvalue weighted by molar-refractivity contribution is -0.137. The first kappa shape index (κ1) is 14.9. The molecule has 0 radical (unpaired) electrons. The molecule has 2 aromatic rings. The van der Waals surface area contributed by atoms with Gasteiger partial charge in [0.1, 0.15) is 0 Å². The molecular weight excluding hydrogens is 281 g/mol. The van der Waals surface area contributed by atoms with E-state index in [2.05, 4.69) is 15.7 Å². The molecule has 0 saturated heterocycles. The van der Waals surface area contributed by atoms with Crippen LogP contribution >= 0.6 is 0 Å². The maximum Gasteiger partial charge on any atom is 0.416 e. The summed E-state index contributed by atoms with van der Waals surface area (Å²) in [6.45, 7) is 0. The smallest absolute Gasteiger partial charge is 0.325 e. The number of nitrogens with one attached hydrogen (secondary N) is 2. The lowest BCUT2D eigenvalue weighted by atomic mass is 10.2. The fourth-order valence-corrected chi connectivity index (χ4v) is 1.61. The summed E-state index contributed by atoms with van der Waals surface area (Å²) in [4.78, 5) is 4.10. The predicted molar refractivity (Wildman–Crippen MR) is 75.9 cm³/mol. The van der Waals surface area contributed by atoms with E-state index in [4.69, 9.17) is 5.84 Å². The van der Waals surface area contributed by atoms with E-state index in [9.17, 15) is 13.2 Å². The highest BCUT2D eigenvalue weighted by Gasteiger charge is 2.29. The Labute approximate surface area is 119 Å². The van der Waals surface area contributed by atoms with Gasteiger partial charge in [0, 0.05) is 5.69 Å². The predicted octanol–water partition coefficient (Wildman–Crippen LogP) is 3.27. The van der Waals surface area contributed by atoms with Gasteiger partial charge in [-0.2, -0.15) is 13.2 Å². The summed E-state index contributed by atoms with van der Waals surface area (Å²) < 4.78 is 37.4. The van der Waals surface area contributed by atoms with E-state index in [0.29, 0.717) is 5.69 Å². The molecule has 21 heavy (non-hydrogen) atoms. The van der Waals surface area contributed by atoms with Gasteiger partial charge in [-0.15, -0.1) is 0 Å². The molecule has 4 N–H and O–H groups in total. The number of alkyl halides is 3. The van der Waals surface area contributed by atoms with E-state index in [1.165, 1.54) is 12.1 Å². The molecular formula is C14H13F3N4. The quantitative estimate of drug-likeness (QED) is 0.345. The zero-order valence-corrected chi connectivity index (χ0v) is 10.9. The van der Waals surface area contributed by atoms with Crippen LogP contribution in [0.1, 0.15) is 5.56 Å². The van der Waals surface area contributed by atoms with Crippen LogP contribution in [0.5, 0.6) is 0 Å². The maximum absolute atomic E-state index is 12.5. The van der Waals surface area contributed by atoms with E-state index < -0.39 is 11.7 Å². The first-order valence-electron chi connectivity index (χ1n) is 6.03. The second-order valence-corrected chi connectivity index (χ2v) is 4.14. The Bertz CT molecular complexity index is 606. The van der Waals surface area contributed by atoms with Crippen LogP contribution in [-0.2, 0) is 6.18 Å². The number of hydrogen-bond donors (Lipinski definition) is 3. The van der Waals surface area contributed by atoms with Crippen molar-refractivity contribution in [3.63, 3.8) is 0 Å². The summed E-state index contributed by atoms with van der Waals surface area (Å²) in [5.74, 6) is 5.57. The van der Waals surface area contributed by atoms with E-state index in [-0.39, 0.29) is 5.96 Å². The summed E-state index contributed by atoms with van der Waals surface area (Å²) in [5, 5.41) is 2.91. The van der Waals surface area contributed by atoms with Crippen molar-refractivity contribution in [1.29, 1.82) is 0 Å². The lowest BCUT2D eigenvalue weighted by Gasteiger charge is -2.09. The summed E-state index contributed by atoms with van der Waals surface area (Å²) in [7, 11) is 0. The normalized spacial score (nSPS) is 12.1. The van der Waals surface area contributed by atoms with Gasteiger partial charge in [-0.25, -0.2) is 10.8 Å². The molecule has 7 heteroatoms. The maximum atomic E-state index is 12.5. The zero-order chi connectivity index (χ0) is 15.3. The third-order valence-electron chi connectivity index (χ3n) is 2.61. The number of para-hydroxylation sites is 1. The van der Waals surface area contributed by atoms with Crippen LogP contribution in [-0.4, -0.2) is 5.96 Å². The van der Waals surface area contributed by atoms with Crippen LogP contribution in [0.4, 0.5) is 24.5 Å². The Hall–Kier alpha value is -2.54. The number of benzene rings is 2. The largest absolute Gasteiger partial charge is 0.416 e. The van der Waals surface area contributed by atoms with E-state index in [0.717, 1.165) is 17.8 Å². The third-order valence-corrected chi connectivity index (χ3v) is 2.61. The van der Waals surface area contributed by atoms with Crippen LogP contribution in [0.25, 0.3) is 0 Å². The average molecular weight is 294 g/mol. The molecule has 0 aliphatic heterocycles. The van der Waals surface area contributed by atoms with E-state index in [1.54, 1.807) is 12.1 Å². The number of aliphatic imine (C=N–C) groups is 1. The molecule has 0 bridgehead atoms. The van der Waals surface area contributed by atoms with E-state index in [1.807, 2.05) is 18.2 Å². The number of nitrogens with two attached hydrogens (primary N) is 1. The lowest BCUT2D eigenvalue weighted by Crippen LogP contribution is -2.35. The summed E-state index contributed by atoms with van der Waals surface area (Å²) in [6, 6.07) is 13.6. The molecule has 4 nitrogen and oxygen atoms in total. The Morgan fingerprint density at radius 3 is 2.10 bits per heavy atom. The zero-order valence-electron chi connectivity index (χ0n) is 10.9. The summed E-state index contributed by atoms with van der Waals surface area (Å²) >= 11 is 0. The van der Waals surface area contributed by atoms with E-state index >= 15 is 0 Å². The van der Waals surface area contributed by atoms with Crippen molar-refractivity contribution in [1.82, 2.24) is 5.43 Å². The first-order valence-corrected chi connectivity index (χ1v) is 6.03. The van der Waals surface area contributed by atoms with Gasteiger partial charge in [-0.05, 0) is 36.4 Å². The van der Waals surface area contributed by atoms with Gasteiger partial charge in [0.15, 0.2) is 0 Å². The molecule has 0 heterocycles. The minimum atomic E-state index is -4.36. The van der Waals surface area contributed by atoms with Gasteiger partial charge in [-0.1, -0.05) is 18.2 Å². The van der Waals surface area contributed by atoms with Crippen LogP contribution in [0, 0.1) is 0 Å². The van der Waals surface area contributed by atoms with Crippen LogP contribution in [0.3, 0.4) is 0 Å². The molecule has 0 spiro atoms. The minimum Gasteiger partial charge on any atom is -0.325 e. The molecule has 0 atom stereocenters. The Morgan fingerprint density at radius 2 is 1.57 bits per heavy atom. The van der Waals surface area contributed by atoms with Crippen molar-refractivity contribution in [2.24, 2.45) is 10.8 Å². The van der Waals surface area contributed by atoms with Crippen molar-refractivity contribution >= 4 is 17.3 Å². The second-order valence-electron chi connectivity index (χ2n) is 4.14. The second kappa shape index (κ2) is 6.27. The highest BCUT2D eigenvalue weighted by molar-refractivity contribution is 5.94. The standard InChI is InChI=1S/C14H13F3N4/c15-14(16,17)10-6-8-12(9-7-10)20-13(21-18)19-11-4-2-1-3-5-11/h1-9H,18H2,(H2,19,20,21). The third kappa shape index (κ3) is 4.22. The highest BCUT2D eigenvalue weighted by Crippen LogP contribution is 2.30. The number of halogens is 3. The van der Waals surface area contributed by atoms with Crippen molar-refractivity contribution in [3.05, 3.63) is 60.2 Å². The monoisotopic (exact) mass is 294 g/mol. The van der Waals surface area contributed by atoms with Crippen LogP contribution < -0.4 is 16.6 Å². The SMILES string of the molecule is NNC(=Nc1ccc(C(F)(F)F)cc1)Nc1ccccc1. The van der Waals surface area contributed by atoms with Gasteiger partial charge in [0.2, 0.25) is 5.96 Å². The molecule has 0 unspecified atom stereocenters. The molecule has 110 valence electrons. The van der Waals surface area contributed by atoms with Gasteiger partial charge in [0.05, 0.1) is 11.3 Å². The Morgan fingerprint density at radius 1 is 0.952 bits per heavy atom. The van der Waals surface area contributed by atoms with Crippen molar-refractivity contribution in [2.75, 3.05) is 5.32 Å². The number of hydrazine groups is 1. The number of hydrogen-bond acceptors (Lipinski definition) is 2. The Kier molecular flexibility index (Phi) is 4.44. The molecule has 0 amide bonds. The number of anilines is 1. The molecule has 0 aliphatic rings. The fourth-order valence-electron chi connectivity index (χ4n) is 1.61. The molecule has 0 saturated carbocycles. The van der Waals surface area contributed by atoms with Gasteiger partial charge in [-0.3, -0.25) is 5.43 Å². The molecule has 0 fully saturated rings. The van der Waals surface area contributed by atoms with Gasteiger partial charge >= 0.3 is 6.18 Å². The number of guanidine groups is 1. The number of rotatable bonds is 2. The fraction of sp³-hybridized carbons (Fsp3) is 0.0714. The average Bonchev–Trinajstić information content (AvgIpc) is 2.47. The van der Waals surface area contributed by atoms with Gasteiger partial charge in [0.25, 0.3) is 0 Å².